The van der Waals surface area contributed by atoms with E-state index in [1.165, 1.54) is 31.4 Å². The van der Waals surface area contributed by atoms with Crippen molar-refractivity contribution in [1.82, 2.24) is 15.2 Å². The number of benzene rings is 3. The Morgan fingerprint density at radius 1 is 1.00 bits per heavy atom. The Morgan fingerprint density at radius 3 is 2.49 bits per heavy atom. The van der Waals surface area contributed by atoms with E-state index in [0.29, 0.717) is 22.3 Å². The van der Waals surface area contributed by atoms with Crippen LogP contribution in [0.4, 0.5) is 24.5 Å². The van der Waals surface area contributed by atoms with Crippen LogP contribution >= 0.6 is 23.2 Å². The number of rotatable bonds is 14. The van der Waals surface area contributed by atoms with Gasteiger partial charge >= 0.3 is 11.8 Å². The summed E-state index contributed by atoms with van der Waals surface area (Å²) in [6.45, 7) is 4.20. The number of anilines is 2. The van der Waals surface area contributed by atoms with Crippen molar-refractivity contribution in [3.8, 4) is 5.75 Å². The second kappa shape index (κ2) is 16.3. The summed E-state index contributed by atoms with van der Waals surface area (Å²) >= 11 is 12.2. The van der Waals surface area contributed by atoms with Crippen LogP contribution in [-0.4, -0.2) is 80.9 Å². The first-order valence-electron chi connectivity index (χ1n) is 16.7. The number of alkyl halides is 3. The summed E-state index contributed by atoms with van der Waals surface area (Å²) < 4.78 is 51.1. The summed E-state index contributed by atoms with van der Waals surface area (Å²) in [4.78, 5) is 33.0. The first-order valence-corrected chi connectivity index (χ1v) is 17.5. The monoisotopic (exact) mass is 769 g/mol. The molecule has 0 radical (unpaired) electrons. The van der Waals surface area contributed by atoms with Crippen LogP contribution in [0.5, 0.6) is 5.75 Å². The predicted molar refractivity (Wildman–Crippen MR) is 198 cm³/mol. The zero-order chi connectivity index (χ0) is 37.6. The van der Waals surface area contributed by atoms with Gasteiger partial charge in [-0.2, -0.15) is 13.2 Å². The molecule has 2 aliphatic heterocycles. The van der Waals surface area contributed by atoms with Crippen molar-refractivity contribution >= 4 is 63.4 Å². The number of aromatic amines is 1. The summed E-state index contributed by atoms with van der Waals surface area (Å²) in [5.74, 6) is -0.137. The van der Waals surface area contributed by atoms with Gasteiger partial charge < -0.3 is 30.0 Å². The van der Waals surface area contributed by atoms with Crippen LogP contribution in [0.25, 0.3) is 17.0 Å². The van der Waals surface area contributed by atoms with Crippen LogP contribution < -0.4 is 20.3 Å². The Bertz CT molecular complexity index is 2010. The molecule has 0 aliphatic carbocycles. The maximum atomic E-state index is 13.4. The van der Waals surface area contributed by atoms with Crippen LogP contribution in [0, 0.1) is 0 Å². The minimum absolute atomic E-state index is 0.168. The summed E-state index contributed by atoms with van der Waals surface area (Å²) in [5.41, 5.74) is 0.0832. The van der Waals surface area contributed by atoms with Gasteiger partial charge in [0.2, 0.25) is 0 Å². The number of fused-ring (bicyclic) bond motifs is 1. The number of hydrogen-bond acceptors (Lipinski definition) is 8. The molecule has 2 amide bonds. The molecule has 1 aromatic heterocycles. The molecule has 2 aliphatic rings. The lowest BCUT2D eigenvalue weighted by Gasteiger charge is -2.36. The molecule has 278 valence electrons. The standard InChI is InChI=1S/C37H36Cl2F3N7O4/c1-52-33(11-3-8-26-18-24-19-30(38)31(39)22-32(24)44-26)35(51)43-12-5-13-48-14-16-49(17-15-48)28-9-4-10-29(21-28)53-23-34(50)45-27-7-2-6-25(20-27)36(46-47-36)37(40,41)42/h2-4,6-11,18-22,44H,5,12-17,23H2,1H3,(H,43,51)(H,45,50). The van der Waals surface area contributed by atoms with Gasteiger partial charge in [-0.3, -0.25) is 14.5 Å². The van der Waals surface area contributed by atoms with Crippen molar-refractivity contribution in [3.05, 3.63) is 106 Å². The molecule has 4 aromatic rings. The highest BCUT2D eigenvalue weighted by atomic mass is 35.5. The van der Waals surface area contributed by atoms with E-state index in [2.05, 4.69) is 35.6 Å². The number of ether oxygens (including phenoxy) is 2. The first kappa shape index (κ1) is 37.7. The zero-order valence-corrected chi connectivity index (χ0v) is 30.1. The van der Waals surface area contributed by atoms with Crippen LogP contribution in [-0.2, 0) is 20.0 Å². The summed E-state index contributed by atoms with van der Waals surface area (Å²) in [6, 6.07) is 18.3. The fourth-order valence-corrected chi connectivity index (χ4v) is 6.24. The summed E-state index contributed by atoms with van der Waals surface area (Å²) in [6.07, 6.45) is 1.27. The van der Waals surface area contributed by atoms with Crippen molar-refractivity contribution in [3.63, 3.8) is 0 Å². The maximum Gasteiger partial charge on any atom is 0.442 e. The van der Waals surface area contributed by atoms with Gasteiger partial charge in [0.1, 0.15) is 5.75 Å². The quantitative estimate of drug-likeness (QED) is 0.0527. The molecule has 11 nitrogen and oxygen atoms in total. The van der Waals surface area contributed by atoms with Crippen molar-refractivity contribution in [1.29, 1.82) is 0 Å². The number of nitrogens with zero attached hydrogens (tertiary/aromatic N) is 4. The van der Waals surface area contributed by atoms with Gasteiger partial charge in [-0.1, -0.05) is 47.5 Å². The average Bonchev–Trinajstić information content (AvgIpc) is 3.89. The summed E-state index contributed by atoms with van der Waals surface area (Å²) in [5, 5.41) is 13.8. The van der Waals surface area contributed by atoms with Crippen molar-refractivity contribution in [2.75, 3.05) is 63.2 Å². The molecular formula is C37H36Cl2F3N7O4. The number of aromatic nitrogens is 1. The lowest BCUT2D eigenvalue weighted by atomic mass is 10.0. The largest absolute Gasteiger partial charge is 0.491 e. The van der Waals surface area contributed by atoms with Crippen molar-refractivity contribution in [2.24, 2.45) is 10.2 Å². The van der Waals surface area contributed by atoms with Gasteiger partial charge in [-0.15, -0.1) is 10.2 Å². The smallest absolute Gasteiger partial charge is 0.442 e. The van der Waals surface area contributed by atoms with Crippen LogP contribution in [0.3, 0.4) is 0 Å². The molecule has 53 heavy (non-hydrogen) atoms. The average molecular weight is 771 g/mol. The Labute approximate surface area is 313 Å². The Morgan fingerprint density at radius 2 is 1.75 bits per heavy atom. The molecule has 0 unspecified atom stereocenters. The Balaban J connectivity index is 0.898. The Kier molecular flexibility index (Phi) is 11.6. The van der Waals surface area contributed by atoms with Crippen molar-refractivity contribution in [2.45, 2.75) is 18.3 Å². The van der Waals surface area contributed by atoms with Crippen LogP contribution in [0.15, 0.2) is 94.9 Å². The lowest BCUT2D eigenvalue weighted by molar-refractivity contribution is -0.166. The van der Waals surface area contributed by atoms with E-state index in [1.807, 2.05) is 30.3 Å². The number of amides is 2. The summed E-state index contributed by atoms with van der Waals surface area (Å²) in [7, 11) is 1.45. The fourth-order valence-electron chi connectivity index (χ4n) is 5.91. The molecule has 1 fully saturated rings. The number of methoxy groups -OCH3 is 1. The SMILES string of the molecule is COC(=CC=Cc1cc2cc(Cl)c(Cl)cc2[nH]1)C(=O)NCCCN1CCN(c2cccc(OCC(=O)Nc3cccc(C4(C(F)(F)F)N=N4)c3)c2)CC1. The number of halogens is 5. The normalized spacial score (nSPS) is 15.9. The van der Waals surface area contributed by atoms with Gasteiger partial charge in [-0.05, 0) is 67.6 Å². The number of allylic oxidation sites excluding steroid dienone is 2. The van der Waals surface area contributed by atoms with Crippen molar-refractivity contribution < 1.29 is 32.2 Å². The van der Waals surface area contributed by atoms with Gasteiger partial charge in [0.25, 0.3) is 11.8 Å². The van der Waals surface area contributed by atoms with E-state index in [0.717, 1.165) is 61.4 Å². The molecular weight excluding hydrogens is 734 g/mol. The third-order valence-electron chi connectivity index (χ3n) is 8.76. The minimum atomic E-state index is -4.66. The number of piperazine rings is 1. The number of hydrogen-bond donors (Lipinski definition) is 3. The third kappa shape index (κ3) is 9.31. The predicted octanol–water partition coefficient (Wildman–Crippen LogP) is 7.55. The van der Waals surface area contributed by atoms with Gasteiger partial charge in [0, 0.05) is 72.3 Å². The van der Waals surface area contributed by atoms with E-state index >= 15 is 0 Å². The molecule has 3 heterocycles. The maximum absolute atomic E-state index is 13.4. The second-order valence-corrected chi connectivity index (χ2v) is 13.2. The fraction of sp³-hybridized carbons (Fsp3) is 0.297. The van der Waals surface area contributed by atoms with E-state index in [1.54, 1.807) is 30.4 Å². The molecule has 3 N–H and O–H groups in total. The topological polar surface area (TPSA) is 124 Å². The Hall–Kier alpha value is -5.05. The van der Waals surface area contributed by atoms with E-state index < -0.39 is 17.7 Å². The third-order valence-corrected chi connectivity index (χ3v) is 9.48. The minimum Gasteiger partial charge on any atom is -0.491 e. The van der Waals surface area contributed by atoms with Crippen LogP contribution in [0.1, 0.15) is 17.7 Å². The highest BCUT2D eigenvalue weighted by Crippen LogP contribution is 2.52. The molecule has 1 saturated heterocycles. The van der Waals surface area contributed by atoms with Gasteiger partial charge in [0.05, 0.1) is 17.2 Å². The van der Waals surface area contributed by atoms with Crippen LogP contribution in [0.2, 0.25) is 10.0 Å². The number of nitrogens with one attached hydrogen (secondary N) is 3. The lowest BCUT2D eigenvalue weighted by Crippen LogP contribution is -2.47. The molecule has 3 aromatic carbocycles. The molecule has 0 bridgehead atoms. The number of H-pyrrole nitrogens is 1. The molecule has 6 rings (SSSR count). The molecule has 0 atom stereocenters. The van der Waals surface area contributed by atoms with Gasteiger partial charge in [-0.25, -0.2) is 0 Å². The number of carbonyl (C=O) groups is 2. The number of carbonyl (C=O) groups excluding carboxylic acids is 2. The second-order valence-electron chi connectivity index (χ2n) is 12.4. The van der Waals surface area contributed by atoms with E-state index in [-0.39, 0.29) is 29.5 Å². The van der Waals surface area contributed by atoms with E-state index in [9.17, 15) is 22.8 Å². The first-order chi connectivity index (χ1) is 25.4. The molecule has 16 heteroatoms. The van der Waals surface area contributed by atoms with Gasteiger partial charge in [0.15, 0.2) is 12.4 Å². The molecule has 0 spiro atoms. The highest BCUT2D eigenvalue weighted by molar-refractivity contribution is 6.42. The molecule has 0 saturated carbocycles. The van der Waals surface area contributed by atoms with E-state index in [4.69, 9.17) is 32.7 Å². The highest BCUT2D eigenvalue weighted by Gasteiger charge is 2.65. The zero-order valence-electron chi connectivity index (χ0n) is 28.6.